The molecule has 1 spiro atoms. The number of ether oxygens (including phenoxy) is 2. The van der Waals surface area contributed by atoms with Crippen LogP contribution in [0.1, 0.15) is 29.6 Å². The number of carboxylic acid groups (broad SMARTS) is 1. The summed E-state index contributed by atoms with van der Waals surface area (Å²) in [5.41, 5.74) is 0.193. The Bertz CT molecular complexity index is 479. The van der Waals surface area contributed by atoms with E-state index in [2.05, 4.69) is 15.9 Å². The molecule has 0 radical (unpaired) electrons. The number of fused-ring (bicyclic) bond motifs is 1. The van der Waals surface area contributed by atoms with E-state index in [4.69, 9.17) is 14.6 Å². The zero-order valence-corrected chi connectivity index (χ0v) is 9.91. The third-order valence-corrected chi connectivity index (χ3v) is 3.63. The lowest BCUT2D eigenvalue weighted by Gasteiger charge is -2.35. The molecule has 0 atom stereocenters. The topological polar surface area (TPSA) is 55.8 Å². The van der Waals surface area contributed by atoms with Gasteiger partial charge in [-0.1, -0.05) is 0 Å². The molecule has 1 aliphatic carbocycles. The Kier molecular flexibility index (Phi) is 1.95. The van der Waals surface area contributed by atoms with Crippen molar-refractivity contribution in [1.82, 2.24) is 0 Å². The highest BCUT2D eigenvalue weighted by Gasteiger charge is 2.47. The molecule has 0 amide bonds. The molecule has 1 fully saturated rings. The molecule has 5 heteroatoms. The van der Waals surface area contributed by atoms with Crippen molar-refractivity contribution in [2.75, 3.05) is 0 Å². The highest BCUT2D eigenvalue weighted by Crippen LogP contribution is 2.49. The number of hydrogen-bond acceptors (Lipinski definition) is 3. The van der Waals surface area contributed by atoms with Gasteiger partial charge in [0.2, 0.25) is 0 Å². The molecule has 4 nitrogen and oxygen atoms in total. The Morgan fingerprint density at radius 1 is 1.31 bits per heavy atom. The fourth-order valence-electron chi connectivity index (χ4n) is 1.95. The van der Waals surface area contributed by atoms with Gasteiger partial charge >= 0.3 is 5.97 Å². The first kappa shape index (κ1) is 9.96. The first-order valence-electron chi connectivity index (χ1n) is 5.05. The average molecular weight is 285 g/mol. The summed E-state index contributed by atoms with van der Waals surface area (Å²) in [6, 6.07) is 3.17. The van der Waals surface area contributed by atoms with Crippen LogP contribution < -0.4 is 9.47 Å². The van der Waals surface area contributed by atoms with Crippen LogP contribution in [-0.2, 0) is 0 Å². The number of halogens is 1. The smallest absolute Gasteiger partial charge is 0.336 e. The highest BCUT2D eigenvalue weighted by molar-refractivity contribution is 9.10. The highest BCUT2D eigenvalue weighted by atomic mass is 79.9. The van der Waals surface area contributed by atoms with E-state index < -0.39 is 11.8 Å². The summed E-state index contributed by atoms with van der Waals surface area (Å²) in [7, 11) is 0. The van der Waals surface area contributed by atoms with E-state index in [1.54, 1.807) is 6.07 Å². The van der Waals surface area contributed by atoms with Gasteiger partial charge in [0.15, 0.2) is 11.5 Å². The average Bonchev–Trinajstić information content (AvgIpc) is 2.54. The maximum absolute atomic E-state index is 10.9. The quantitative estimate of drug-likeness (QED) is 0.862. The molecule has 3 rings (SSSR count). The molecule has 2 aliphatic rings. The van der Waals surface area contributed by atoms with Gasteiger partial charge in [-0.2, -0.15) is 0 Å². The molecule has 16 heavy (non-hydrogen) atoms. The number of carbonyl (C=O) groups is 1. The second kappa shape index (κ2) is 3.13. The number of benzene rings is 1. The lowest BCUT2D eigenvalue weighted by atomic mass is 9.91. The first-order valence-corrected chi connectivity index (χ1v) is 5.84. The minimum atomic E-state index is -0.979. The molecule has 1 heterocycles. The van der Waals surface area contributed by atoms with Gasteiger partial charge in [-0.3, -0.25) is 0 Å². The summed E-state index contributed by atoms with van der Waals surface area (Å²) in [4.78, 5) is 10.9. The van der Waals surface area contributed by atoms with Gasteiger partial charge in [-0.05, 0) is 34.5 Å². The largest absolute Gasteiger partial charge is 0.478 e. The van der Waals surface area contributed by atoms with Gasteiger partial charge in [-0.15, -0.1) is 0 Å². The summed E-state index contributed by atoms with van der Waals surface area (Å²) in [6.45, 7) is 0. The van der Waals surface area contributed by atoms with E-state index in [0.717, 1.165) is 19.3 Å². The van der Waals surface area contributed by atoms with Crippen LogP contribution in [0.3, 0.4) is 0 Å². The van der Waals surface area contributed by atoms with Gasteiger partial charge in [0.25, 0.3) is 5.79 Å². The van der Waals surface area contributed by atoms with Crippen molar-refractivity contribution >= 4 is 21.9 Å². The Balaban J connectivity index is 2.02. The van der Waals surface area contributed by atoms with Crippen LogP contribution in [0.5, 0.6) is 11.5 Å². The number of hydrogen-bond donors (Lipinski definition) is 1. The predicted molar refractivity (Wildman–Crippen MR) is 58.9 cm³/mol. The van der Waals surface area contributed by atoms with Crippen LogP contribution >= 0.6 is 15.9 Å². The zero-order chi connectivity index (χ0) is 11.3. The normalized spacial score (nSPS) is 19.6. The minimum Gasteiger partial charge on any atom is -0.478 e. The summed E-state index contributed by atoms with van der Waals surface area (Å²) in [5.74, 6) is -0.344. The van der Waals surface area contributed by atoms with Crippen molar-refractivity contribution in [3.8, 4) is 11.5 Å². The zero-order valence-electron chi connectivity index (χ0n) is 8.33. The standard InChI is InChI=1S/C11H9BrO4/c12-7-5-9-8(4-6(7)10(13)14)15-11(16-9)2-1-3-11/h4-5H,1-3H2,(H,13,14). The van der Waals surface area contributed by atoms with Crippen molar-refractivity contribution in [1.29, 1.82) is 0 Å². The Morgan fingerprint density at radius 3 is 2.44 bits per heavy atom. The molecule has 1 aromatic rings. The van der Waals surface area contributed by atoms with Crippen molar-refractivity contribution in [2.45, 2.75) is 25.0 Å². The number of aromatic carboxylic acids is 1. The van der Waals surface area contributed by atoms with Gasteiger partial charge in [0.1, 0.15) is 0 Å². The van der Waals surface area contributed by atoms with Gasteiger partial charge in [0.05, 0.1) is 5.56 Å². The molecule has 0 aromatic heterocycles. The summed E-state index contributed by atoms with van der Waals surface area (Å²) in [6.07, 6.45) is 2.81. The monoisotopic (exact) mass is 284 g/mol. The lowest BCUT2D eigenvalue weighted by molar-refractivity contribution is -0.138. The van der Waals surface area contributed by atoms with Crippen molar-refractivity contribution in [3.05, 3.63) is 22.2 Å². The van der Waals surface area contributed by atoms with Gasteiger partial charge in [-0.25, -0.2) is 4.79 Å². The maximum atomic E-state index is 10.9. The third-order valence-electron chi connectivity index (χ3n) is 2.97. The fourth-order valence-corrected chi connectivity index (χ4v) is 2.44. The summed E-state index contributed by atoms with van der Waals surface area (Å²) in [5, 5.41) is 8.97. The Labute approximate surface area is 100 Å². The van der Waals surface area contributed by atoms with Gasteiger partial charge < -0.3 is 14.6 Å². The van der Waals surface area contributed by atoms with Crippen LogP contribution in [0, 0.1) is 0 Å². The lowest BCUT2D eigenvalue weighted by Crippen LogP contribution is -2.45. The van der Waals surface area contributed by atoms with Crippen LogP contribution in [-0.4, -0.2) is 16.9 Å². The Morgan fingerprint density at radius 2 is 1.94 bits per heavy atom. The number of rotatable bonds is 1. The summed E-state index contributed by atoms with van der Waals surface area (Å²) >= 11 is 3.21. The number of carboxylic acids is 1. The predicted octanol–water partition coefficient (Wildman–Crippen LogP) is 2.80. The molecule has 1 aliphatic heterocycles. The molecule has 0 saturated heterocycles. The van der Waals surface area contributed by atoms with E-state index in [1.165, 1.54) is 6.07 Å². The molecular formula is C11H9BrO4. The Hall–Kier alpha value is -1.23. The van der Waals surface area contributed by atoms with Crippen LogP contribution in [0.25, 0.3) is 0 Å². The second-order valence-corrected chi connectivity index (χ2v) is 4.91. The van der Waals surface area contributed by atoms with E-state index in [1.807, 2.05) is 0 Å². The van der Waals surface area contributed by atoms with Crippen LogP contribution in [0.4, 0.5) is 0 Å². The van der Waals surface area contributed by atoms with Crippen molar-refractivity contribution < 1.29 is 19.4 Å². The first-order chi connectivity index (χ1) is 7.60. The van der Waals surface area contributed by atoms with E-state index in [-0.39, 0.29) is 5.56 Å². The fraction of sp³-hybridized carbons (Fsp3) is 0.364. The second-order valence-electron chi connectivity index (χ2n) is 4.05. The molecule has 0 unspecified atom stereocenters. The molecule has 1 N–H and O–H groups in total. The van der Waals surface area contributed by atoms with Crippen molar-refractivity contribution in [3.63, 3.8) is 0 Å². The summed E-state index contributed by atoms with van der Waals surface area (Å²) < 4.78 is 11.9. The molecular weight excluding hydrogens is 276 g/mol. The molecule has 1 saturated carbocycles. The molecule has 1 aromatic carbocycles. The molecule has 84 valence electrons. The van der Waals surface area contributed by atoms with E-state index in [9.17, 15) is 4.79 Å². The van der Waals surface area contributed by atoms with Crippen LogP contribution in [0.15, 0.2) is 16.6 Å². The maximum Gasteiger partial charge on any atom is 0.336 e. The minimum absolute atomic E-state index is 0.193. The SMILES string of the molecule is O=C(O)c1cc2c(cc1Br)OC1(CCC1)O2. The van der Waals surface area contributed by atoms with Crippen molar-refractivity contribution in [2.24, 2.45) is 0 Å². The van der Waals surface area contributed by atoms with E-state index >= 15 is 0 Å². The van der Waals surface area contributed by atoms with Gasteiger partial charge in [0, 0.05) is 17.3 Å². The van der Waals surface area contributed by atoms with Crippen LogP contribution in [0.2, 0.25) is 0 Å². The van der Waals surface area contributed by atoms with E-state index in [0.29, 0.717) is 16.0 Å². The molecule has 0 bridgehead atoms. The third kappa shape index (κ3) is 1.31.